The summed E-state index contributed by atoms with van der Waals surface area (Å²) in [4.78, 5) is 14.5. The second-order valence-corrected chi connectivity index (χ2v) is 7.04. The average molecular weight is 348 g/mol. The first-order valence-corrected chi connectivity index (χ1v) is 9.26. The lowest BCUT2D eigenvalue weighted by molar-refractivity contribution is -0.130. The molecular formula is C21H24N4O. The van der Waals surface area contributed by atoms with Crippen LogP contribution in [0.4, 0.5) is 5.69 Å². The van der Waals surface area contributed by atoms with E-state index in [4.69, 9.17) is 0 Å². The number of aromatic nitrogens is 2. The summed E-state index contributed by atoms with van der Waals surface area (Å²) in [5, 5.41) is 11.2. The molecule has 2 N–H and O–H groups in total. The molecule has 2 aromatic carbocycles. The molecule has 4 rings (SSSR count). The van der Waals surface area contributed by atoms with Crippen LogP contribution >= 0.6 is 0 Å². The number of carbonyl (C=O) groups is 1. The van der Waals surface area contributed by atoms with Gasteiger partial charge in [0, 0.05) is 24.2 Å². The maximum atomic E-state index is 12.5. The van der Waals surface area contributed by atoms with Crippen LogP contribution in [0.5, 0.6) is 0 Å². The minimum absolute atomic E-state index is 0.176. The quantitative estimate of drug-likeness (QED) is 0.742. The highest BCUT2D eigenvalue weighted by atomic mass is 16.2. The first-order valence-electron chi connectivity index (χ1n) is 9.26. The van der Waals surface area contributed by atoms with Crippen LogP contribution in [0.1, 0.15) is 18.4 Å². The van der Waals surface area contributed by atoms with E-state index in [0.717, 1.165) is 48.9 Å². The van der Waals surface area contributed by atoms with Gasteiger partial charge < -0.3 is 10.2 Å². The van der Waals surface area contributed by atoms with Crippen LogP contribution in [-0.4, -0.2) is 40.6 Å². The Bertz CT molecular complexity index is 866. The number of hydrogen-bond donors (Lipinski definition) is 2. The molecule has 2 heterocycles. The van der Waals surface area contributed by atoms with Crippen molar-refractivity contribution in [1.29, 1.82) is 0 Å². The van der Waals surface area contributed by atoms with Gasteiger partial charge in [-0.25, -0.2) is 0 Å². The number of fused-ring (bicyclic) bond motifs is 1. The van der Waals surface area contributed by atoms with Crippen LogP contribution in [-0.2, 0) is 11.2 Å². The Morgan fingerprint density at radius 1 is 1.15 bits per heavy atom. The Morgan fingerprint density at radius 2 is 1.96 bits per heavy atom. The number of nitrogens with one attached hydrogen (secondary N) is 2. The second kappa shape index (κ2) is 7.60. The van der Waals surface area contributed by atoms with E-state index in [1.165, 1.54) is 5.56 Å². The maximum Gasteiger partial charge on any atom is 0.241 e. The fourth-order valence-corrected chi connectivity index (χ4v) is 3.68. The third-order valence-corrected chi connectivity index (χ3v) is 5.22. The predicted molar refractivity (Wildman–Crippen MR) is 104 cm³/mol. The molecule has 0 spiro atoms. The molecular weight excluding hydrogens is 324 g/mol. The van der Waals surface area contributed by atoms with Crippen molar-refractivity contribution in [3.63, 3.8) is 0 Å². The van der Waals surface area contributed by atoms with Crippen molar-refractivity contribution in [1.82, 2.24) is 15.1 Å². The van der Waals surface area contributed by atoms with E-state index in [-0.39, 0.29) is 5.91 Å². The van der Waals surface area contributed by atoms with Gasteiger partial charge in [-0.05, 0) is 48.9 Å². The zero-order chi connectivity index (χ0) is 17.8. The van der Waals surface area contributed by atoms with Gasteiger partial charge in [0.25, 0.3) is 0 Å². The lowest BCUT2D eigenvalue weighted by Gasteiger charge is -2.32. The van der Waals surface area contributed by atoms with Gasteiger partial charge in [-0.3, -0.25) is 9.89 Å². The Labute approximate surface area is 153 Å². The number of H-pyrrole nitrogens is 1. The molecule has 0 saturated carbocycles. The van der Waals surface area contributed by atoms with Crippen molar-refractivity contribution in [2.45, 2.75) is 19.3 Å². The van der Waals surface area contributed by atoms with Gasteiger partial charge in [0.1, 0.15) is 0 Å². The number of amides is 1. The van der Waals surface area contributed by atoms with E-state index >= 15 is 0 Å². The van der Waals surface area contributed by atoms with E-state index in [2.05, 4.69) is 45.8 Å². The molecule has 26 heavy (non-hydrogen) atoms. The standard InChI is InChI=1S/C21H24N4O/c26-21(15-22-19-6-7-20-18(13-19)14-23-24-20)25-10-8-17(9-11-25)12-16-4-2-1-3-5-16/h1-7,13-14,17,22H,8-12,15H2,(H,23,24). The highest BCUT2D eigenvalue weighted by Crippen LogP contribution is 2.22. The molecule has 3 aromatic rings. The summed E-state index contributed by atoms with van der Waals surface area (Å²) in [7, 11) is 0. The molecule has 1 aliphatic rings. The van der Waals surface area contributed by atoms with Crippen LogP contribution in [0, 0.1) is 5.92 Å². The van der Waals surface area contributed by atoms with Crippen LogP contribution in [0.3, 0.4) is 0 Å². The molecule has 0 radical (unpaired) electrons. The zero-order valence-electron chi connectivity index (χ0n) is 14.8. The Morgan fingerprint density at radius 3 is 2.77 bits per heavy atom. The highest BCUT2D eigenvalue weighted by Gasteiger charge is 2.22. The fraction of sp³-hybridized carbons (Fsp3) is 0.333. The van der Waals surface area contributed by atoms with Crippen molar-refractivity contribution in [3.8, 4) is 0 Å². The summed E-state index contributed by atoms with van der Waals surface area (Å²) >= 11 is 0. The van der Waals surface area contributed by atoms with Crippen molar-refractivity contribution >= 4 is 22.5 Å². The van der Waals surface area contributed by atoms with Crippen LogP contribution in [0.15, 0.2) is 54.7 Å². The number of hydrogen-bond acceptors (Lipinski definition) is 3. The number of anilines is 1. The first kappa shape index (κ1) is 16.6. The third kappa shape index (κ3) is 3.87. The van der Waals surface area contributed by atoms with E-state index in [9.17, 15) is 4.79 Å². The molecule has 1 amide bonds. The predicted octanol–water partition coefficient (Wildman–Crippen LogP) is 3.46. The van der Waals surface area contributed by atoms with Crippen LogP contribution < -0.4 is 5.32 Å². The van der Waals surface area contributed by atoms with Crippen LogP contribution in [0.25, 0.3) is 10.9 Å². The molecule has 1 fully saturated rings. The number of likely N-dealkylation sites (tertiary alicyclic amines) is 1. The van der Waals surface area contributed by atoms with Gasteiger partial charge in [-0.1, -0.05) is 30.3 Å². The summed E-state index contributed by atoms with van der Waals surface area (Å²) in [5.41, 5.74) is 3.35. The molecule has 1 saturated heterocycles. The Balaban J connectivity index is 1.25. The number of nitrogens with zero attached hydrogens (tertiary/aromatic N) is 2. The molecule has 1 aliphatic heterocycles. The average Bonchev–Trinajstić information content (AvgIpc) is 3.15. The second-order valence-electron chi connectivity index (χ2n) is 7.04. The molecule has 134 valence electrons. The number of aromatic amines is 1. The number of benzene rings is 2. The maximum absolute atomic E-state index is 12.5. The van der Waals surface area contributed by atoms with Gasteiger partial charge in [0.15, 0.2) is 0 Å². The minimum Gasteiger partial charge on any atom is -0.376 e. The van der Waals surface area contributed by atoms with Crippen molar-refractivity contribution < 1.29 is 4.79 Å². The number of rotatable bonds is 5. The number of piperidine rings is 1. The van der Waals surface area contributed by atoms with E-state index in [1.54, 1.807) is 6.20 Å². The SMILES string of the molecule is O=C(CNc1ccc2[nH]ncc2c1)N1CCC(Cc2ccccc2)CC1. The van der Waals surface area contributed by atoms with Gasteiger partial charge >= 0.3 is 0 Å². The van der Waals surface area contributed by atoms with Crippen molar-refractivity contribution in [2.24, 2.45) is 5.92 Å². The number of carbonyl (C=O) groups excluding carboxylic acids is 1. The molecule has 0 aliphatic carbocycles. The summed E-state index contributed by atoms with van der Waals surface area (Å²) < 4.78 is 0. The van der Waals surface area contributed by atoms with E-state index < -0.39 is 0 Å². The summed E-state index contributed by atoms with van der Waals surface area (Å²) in [6.07, 6.45) is 5.08. The lowest BCUT2D eigenvalue weighted by Crippen LogP contribution is -2.41. The van der Waals surface area contributed by atoms with E-state index in [1.807, 2.05) is 23.1 Å². The van der Waals surface area contributed by atoms with Crippen molar-refractivity contribution in [2.75, 3.05) is 25.0 Å². The Hall–Kier alpha value is -2.82. The third-order valence-electron chi connectivity index (χ3n) is 5.22. The van der Waals surface area contributed by atoms with Gasteiger partial charge in [0.2, 0.25) is 5.91 Å². The molecule has 1 aromatic heterocycles. The normalized spacial score (nSPS) is 15.3. The summed E-state index contributed by atoms with van der Waals surface area (Å²) in [6, 6.07) is 16.6. The van der Waals surface area contributed by atoms with Crippen LogP contribution in [0.2, 0.25) is 0 Å². The van der Waals surface area contributed by atoms with Crippen molar-refractivity contribution in [3.05, 3.63) is 60.3 Å². The topological polar surface area (TPSA) is 61.0 Å². The summed E-state index contributed by atoms with van der Waals surface area (Å²) in [6.45, 7) is 2.06. The zero-order valence-corrected chi connectivity index (χ0v) is 14.8. The first-order chi connectivity index (χ1) is 12.8. The smallest absolute Gasteiger partial charge is 0.241 e. The summed E-state index contributed by atoms with van der Waals surface area (Å²) in [5.74, 6) is 0.855. The fourth-order valence-electron chi connectivity index (χ4n) is 3.68. The van der Waals surface area contributed by atoms with Gasteiger partial charge in [0.05, 0.1) is 18.3 Å². The van der Waals surface area contributed by atoms with E-state index in [0.29, 0.717) is 12.5 Å². The Kier molecular flexibility index (Phi) is 4.86. The molecule has 0 atom stereocenters. The molecule has 5 heteroatoms. The lowest BCUT2D eigenvalue weighted by atomic mass is 9.90. The van der Waals surface area contributed by atoms with Gasteiger partial charge in [-0.2, -0.15) is 5.10 Å². The highest BCUT2D eigenvalue weighted by molar-refractivity contribution is 5.84. The molecule has 0 bridgehead atoms. The monoisotopic (exact) mass is 348 g/mol. The molecule has 5 nitrogen and oxygen atoms in total. The molecule has 0 unspecified atom stereocenters. The largest absolute Gasteiger partial charge is 0.376 e. The van der Waals surface area contributed by atoms with Gasteiger partial charge in [-0.15, -0.1) is 0 Å². The minimum atomic E-state index is 0.176.